The zero-order valence-corrected chi connectivity index (χ0v) is 13.4. The fourth-order valence-corrected chi connectivity index (χ4v) is 2.79. The molecule has 1 nitrogen and oxygen atoms in total. The van der Waals surface area contributed by atoms with E-state index in [9.17, 15) is 0 Å². The molecular formula is C19H15BrO. The molecule has 0 aliphatic rings. The van der Waals surface area contributed by atoms with E-state index in [0.717, 1.165) is 37.9 Å². The van der Waals surface area contributed by atoms with Gasteiger partial charge < -0.3 is 4.42 Å². The molecule has 2 aromatic carbocycles. The van der Waals surface area contributed by atoms with Crippen molar-refractivity contribution >= 4 is 38.5 Å². The molecule has 1 aromatic heterocycles. The van der Waals surface area contributed by atoms with Gasteiger partial charge >= 0.3 is 0 Å². The molecule has 0 unspecified atom stereocenters. The van der Waals surface area contributed by atoms with Crippen molar-refractivity contribution in [2.45, 2.75) is 6.92 Å². The molecule has 104 valence electrons. The Hall–Kier alpha value is -2.06. The van der Waals surface area contributed by atoms with Crippen molar-refractivity contribution < 1.29 is 4.42 Å². The molecule has 21 heavy (non-hydrogen) atoms. The summed E-state index contributed by atoms with van der Waals surface area (Å²) in [4.78, 5) is 0. The van der Waals surface area contributed by atoms with Crippen LogP contribution in [0, 0.1) is 0 Å². The Morgan fingerprint density at radius 3 is 2.48 bits per heavy atom. The summed E-state index contributed by atoms with van der Waals surface area (Å²) in [6.07, 6.45) is 3.94. The molecule has 0 bridgehead atoms. The van der Waals surface area contributed by atoms with E-state index in [1.807, 2.05) is 43.3 Å². The summed E-state index contributed by atoms with van der Waals surface area (Å²) in [6, 6.07) is 16.3. The first-order chi connectivity index (χ1) is 10.2. The second-order valence-corrected chi connectivity index (χ2v) is 5.67. The summed E-state index contributed by atoms with van der Waals surface area (Å²) in [5.41, 5.74) is 4.14. The Labute approximate surface area is 132 Å². The fourth-order valence-electron chi connectivity index (χ4n) is 2.53. The lowest BCUT2D eigenvalue weighted by molar-refractivity contribution is 0.599. The number of allylic oxidation sites excluding steroid dienone is 1. The highest BCUT2D eigenvalue weighted by atomic mass is 79.9. The topological polar surface area (TPSA) is 13.1 Å². The molecule has 0 fully saturated rings. The number of halogens is 1. The van der Waals surface area contributed by atoms with E-state index in [0.29, 0.717) is 0 Å². The predicted molar refractivity (Wildman–Crippen MR) is 93.2 cm³/mol. The Morgan fingerprint density at radius 1 is 1.10 bits per heavy atom. The van der Waals surface area contributed by atoms with Crippen LogP contribution in [0.4, 0.5) is 0 Å². The molecule has 0 aliphatic carbocycles. The molecule has 0 N–H and O–H groups in total. The number of hydrogen-bond acceptors (Lipinski definition) is 1. The first-order valence-corrected chi connectivity index (χ1v) is 7.60. The highest BCUT2D eigenvalue weighted by Crippen LogP contribution is 2.34. The van der Waals surface area contributed by atoms with Crippen molar-refractivity contribution in [3.63, 3.8) is 0 Å². The van der Waals surface area contributed by atoms with Gasteiger partial charge in [-0.25, -0.2) is 0 Å². The van der Waals surface area contributed by atoms with Crippen molar-refractivity contribution in [2.24, 2.45) is 0 Å². The van der Waals surface area contributed by atoms with Gasteiger partial charge in [0.05, 0.1) is 0 Å². The van der Waals surface area contributed by atoms with Gasteiger partial charge in [-0.2, -0.15) is 0 Å². The highest BCUT2D eigenvalue weighted by Gasteiger charge is 2.16. The van der Waals surface area contributed by atoms with Gasteiger partial charge in [-0.05, 0) is 30.7 Å². The van der Waals surface area contributed by atoms with Gasteiger partial charge in [0, 0.05) is 21.0 Å². The predicted octanol–water partition coefficient (Wildman–Crippen LogP) is 6.29. The van der Waals surface area contributed by atoms with Gasteiger partial charge in [0.15, 0.2) is 0 Å². The first kappa shape index (κ1) is 13.9. The summed E-state index contributed by atoms with van der Waals surface area (Å²) >= 11 is 3.47. The maximum absolute atomic E-state index is 6.08. The van der Waals surface area contributed by atoms with Gasteiger partial charge in [0.1, 0.15) is 11.3 Å². The number of hydrogen-bond donors (Lipinski definition) is 0. The summed E-state index contributed by atoms with van der Waals surface area (Å²) in [7, 11) is 0. The quantitative estimate of drug-likeness (QED) is 0.546. The monoisotopic (exact) mass is 338 g/mol. The molecule has 0 radical (unpaired) electrons. The van der Waals surface area contributed by atoms with Crippen LogP contribution >= 0.6 is 15.9 Å². The zero-order valence-electron chi connectivity index (χ0n) is 11.8. The van der Waals surface area contributed by atoms with Gasteiger partial charge in [0.2, 0.25) is 0 Å². The van der Waals surface area contributed by atoms with Crippen LogP contribution < -0.4 is 0 Å². The van der Waals surface area contributed by atoms with E-state index < -0.39 is 0 Å². The van der Waals surface area contributed by atoms with Crippen LogP contribution in [0.25, 0.3) is 22.6 Å². The van der Waals surface area contributed by atoms with Gasteiger partial charge in [-0.3, -0.25) is 0 Å². The minimum atomic E-state index is 0.871. The molecule has 1 heterocycles. The lowest BCUT2D eigenvalue weighted by Crippen LogP contribution is -1.87. The van der Waals surface area contributed by atoms with Gasteiger partial charge in [0.25, 0.3) is 0 Å². The average Bonchev–Trinajstić information content (AvgIpc) is 2.88. The molecule has 0 aliphatic heterocycles. The smallest absolute Gasteiger partial charge is 0.142 e. The maximum atomic E-state index is 6.08. The molecule has 3 aromatic rings. The van der Waals surface area contributed by atoms with Crippen LogP contribution in [0.3, 0.4) is 0 Å². The third-order valence-electron chi connectivity index (χ3n) is 3.53. The number of furan rings is 1. The van der Waals surface area contributed by atoms with E-state index in [1.165, 1.54) is 0 Å². The second kappa shape index (κ2) is 5.74. The number of fused-ring (bicyclic) bond motifs is 1. The molecule has 0 amide bonds. The molecule has 0 atom stereocenters. The molecule has 0 spiro atoms. The van der Waals surface area contributed by atoms with Crippen LogP contribution in [0.15, 0.2) is 70.1 Å². The van der Waals surface area contributed by atoms with Gasteiger partial charge in [-0.1, -0.05) is 65.0 Å². The van der Waals surface area contributed by atoms with E-state index in [4.69, 9.17) is 4.42 Å². The minimum absolute atomic E-state index is 0.871. The van der Waals surface area contributed by atoms with Gasteiger partial charge in [-0.15, -0.1) is 0 Å². The molecular weight excluding hydrogens is 324 g/mol. The lowest BCUT2D eigenvalue weighted by Gasteiger charge is -2.06. The van der Waals surface area contributed by atoms with E-state index in [1.54, 1.807) is 0 Å². The van der Waals surface area contributed by atoms with Crippen LogP contribution in [-0.2, 0) is 0 Å². The molecule has 0 saturated carbocycles. The summed E-state index contributed by atoms with van der Waals surface area (Å²) in [5.74, 6) is 0.871. The summed E-state index contributed by atoms with van der Waals surface area (Å²) in [6.45, 7) is 5.97. The summed E-state index contributed by atoms with van der Waals surface area (Å²) in [5, 5.41) is 1.10. The third-order valence-corrected chi connectivity index (χ3v) is 4.06. The summed E-state index contributed by atoms with van der Waals surface area (Å²) < 4.78 is 7.14. The average molecular weight is 339 g/mol. The fraction of sp³-hybridized carbons (Fsp3) is 0.0526. The molecule has 3 rings (SSSR count). The SMILES string of the molecule is C=Cc1c(/C(=C\C)c2ccc(Br)cc2)oc2ccccc12. The second-order valence-electron chi connectivity index (χ2n) is 4.75. The highest BCUT2D eigenvalue weighted by molar-refractivity contribution is 9.10. The lowest BCUT2D eigenvalue weighted by atomic mass is 9.99. The number of benzene rings is 2. The van der Waals surface area contributed by atoms with Crippen LogP contribution in [0.1, 0.15) is 23.8 Å². The van der Waals surface area contributed by atoms with E-state index in [2.05, 4.69) is 46.8 Å². The Morgan fingerprint density at radius 2 is 1.81 bits per heavy atom. The first-order valence-electron chi connectivity index (χ1n) is 6.81. The van der Waals surface area contributed by atoms with Crippen LogP contribution in [0.5, 0.6) is 0 Å². The van der Waals surface area contributed by atoms with E-state index >= 15 is 0 Å². The standard InChI is InChI=1S/C19H15BrO/c1-3-15(13-9-11-14(20)12-10-13)19-16(4-2)17-7-5-6-8-18(17)21-19/h3-12H,2H2,1H3/b15-3-. The normalized spacial score (nSPS) is 11.8. The molecule has 2 heteroatoms. The Balaban J connectivity index is 2.22. The largest absolute Gasteiger partial charge is 0.455 e. The van der Waals surface area contributed by atoms with Crippen molar-refractivity contribution in [3.05, 3.63) is 82.5 Å². The van der Waals surface area contributed by atoms with Crippen LogP contribution in [0.2, 0.25) is 0 Å². The zero-order chi connectivity index (χ0) is 14.8. The van der Waals surface area contributed by atoms with Crippen molar-refractivity contribution in [3.8, 4) is 0 Å². The van der Waals surface area contributed by atoms with E-state index in [-0.39, 0.29) is 0 Å². The molecule has 0 saturated heterocycles. The number of para-hydroxylation sites is 1. The Bertz CT molecular complexity index is 822. The maximum Gasteiger partial charge on any atom is 0.142 e. The van der Waals surface area contributed by atoms with Crippen molar-refractivity contribution in [2.75, 3.05) is 0 Å². The van der Waals surface area contributed by atoms with Crippen molar-refractivity contribution in [1.29, 1.82) is 0 Å². The van der Waals surface area contributed by atoms with Crippen molar-refractivity contribution in [1.82, 2.24) is 0 Å². The number of rotatable bonds is 3. The Kier molecular flexibility index (Phi) is 3.80. The third kappa shape index (κ3) is 2.47. The van der Waals surface area contributed by atoms with Crippen LogP contribution in [-0.4, -0.2) is 0 Å². The minimum Gasteiger partial charge on any atom is -0.455 e.